The number of benzene rings is 2. The molecule has 0 spiro atoms. The number of hydroxylamine groups is 2. The Morgan fingerprint density at radius 2 is 1.65 bits per heavy atom. The number of hydrogen-bond acceptors (Lipinski definition) is 4. The summed E-state index contributed by atoms with van der Waals surface area (Å²) in [6, 6.07) is 14.3. The van der Waals surface area contributed by atoms with Crippen molar-refractivity contribution in [3.8, 4) is 5.75 Å². The molecule has 0 unspecified atom stereocenters. The number of likely N-dealkylation sites (N-methyl/N-ethyl adjacent to an activating group) is 1. The second-order valence-corrected chi connectivity index (χ2v) is 5.90. The number of hydrogen-bond donors (Lipinski definition) is 1. The maximum atomic E-state index is 12.3. The molecule has 0 radical (unpaired) electrons. The lowest BCUT2D eigenvalue weighted by Crippen LogP contribution is -2.11. The van der Waals surface area contributed by atoms with Crippen molar-refractivity contribution >= 4 is 21.7 Å². The van der Waals surface area contributed by atoms with Crippen LogP contribution in [0.4, 0.5) is 0 Å². The maximum absolute atomic E-state index is 12.3. The highest BCUT2D eigenvalue weighted by Crippen LogP contribution is 2.17. The minimum Gasteiger partial charge on any atom is -0.490 e. The minimum atomic E-state index is -0.0186. The number of halogens is 1. The fraction of sp³-hybridized carbons (Fsp3) is 0.167. The van der Waals surface area contributed by atoms with E-state index in [2.05, 4.69) is 15.9 Å². The summed E-state index contributed by atoms with van der Waals surface area (Å²) in [5, 5.41) is 10.0. The molecule has 0 fully saturated rings. The number of carbonyl (C=O) groups is 1. The van der Waals surface area contributed by atoms with E-state index >= 15 is 0 Å². The zero-order valence-corrected chi connectivity index (χ0v) is 14.4. The Morgan fingerprint density at radius 1 is 1.09 bits per heavy atom. The number of ether oxygens (including phenoxy) is 1. The molecule has 2 aromatic rings. The Labute approximate surface area is 144 Å². The van der Waals surface area contributed by atoms with E-state index in [1.165, 1.54) is 0 Å². The molecule has 1 N–H and O–H groups in total. The van der Waals surface area contributed by atoms with Gasteiger partial charge < -0.3 is 9.94 Å². The minimum absolute atomic E-state index is 0.0186. The first kappa shape index (κ1) is 17.4. The van der Waals surface area contributed by atoms with Crippen molar-refractivity contribution < 1.29 is 14.7 Å². The van der Waals surface area contributed by atoms with Gasteiger partial charge in [-0.05, 0) is 54.6 Å². The second kappa shape index (κ2) is 8.62. The van der Waals surface area contributed by atoms with Crippen LogP contribution in [0, 0.1) is 0 Å². The molecule has 0 aliphatic carbocycles. The van der Waals surface area contributed by atoms with Crippen LogP contribution in [0.25, 0.3) is 0 Å². The van der Waals surface area contributed by atoms with Gasteiger partial charge in [0.1, 0.15) is 12.4 Å². The fourth-order valence-electron chi connectivity index (χ4n) is 1.91. The van der Waals surface area contributed by atoms with Crippen LogP contribution in [-0.2, 0) is 0 Å². The van der Waals surface area contributed by atoms with E-state index in [0.29, 0.717) is 30.0 Å². The molecule has 0 aromatic heterocycles. The summed E-state index contributed by atoms with van der Waals surface area (Å²) in [7, 11) is 1.58. The van der Waals surface area contributed by atoms with Crippen molar-refractivity contribution in [2.24, 2.45) is 0 Å². The molecule has 0 saturated carbocycles. The molecule has 0 atom stereocenters. The van der Waals surface area contributed by atoms with Crippen molar-refractivity contribution in [2.75, 3.05) is 20.2 Å². The summed E-state index contributed by atoms with van der Waals surface area (Å²) in [5.74, 6) is 0.675. The number of rotatable bonds is 7. The summed E-state index contributed by atoms with van der Waals surface area (Å²) in [6.45, 7) is 0.859. The lowest BCUT2D eigenvalue weighted by molar-refractivity contribution is -0.0534. The highest BCUT2D eigenvalue weighted by Gasteiger charge is 2.08. The molecule has 0 aliphatic heterocycles. The highest BCUT2D eigenvalue weighted by molar-refractivity contribution is 9.10. The number of ketones is 1. The van der Waals surface area contributed by atoms with Gasteiger partial charge in [-0.3, -0.25) is 4.79 Å². The molecule has 23 heavy (non-hydrogen) atoms. The average molecular weight is 376 g/mol. The lowest BCUT2D eigenvalue weighted by Gasteiger charge is -2.06. The van der Waals surface area contributed by atoms with Crippen LogP contribution >= 0.6 is 15.9 Å². The fourth-order valence-corrected chi connectivity index (χ4v) is 2.17. The largest absolute Gasteiger partial charge is 0.490 e. The second-order valence-electron chi connectivity index (χ2n) is 4.98. The quantitative estimate of drug-likeness (QED) is 0.452. The summed E-state index contributed by atoms with van der Waals surface area (Å²) in [6.07, 6.45) is 3.64. The molecular weight excluding hydrogens is 358 g/mol. The van der Waals surface area contributed by atoms with E-state index in [-0.39, 0.29) is 5.78 Å². The topological polar surface area (TPSA) is 49.8 Å². The van der Waals surface area contributed by atoms with Crippen LogP contribution in [0.5, 0.6) is 5.75 Å². The van der Waals surface area contributed by atoms with E-state index in [9.17, 15) is 4.79 Å². The molecular formula is C18H18BrNO3. The Kier molecular flexibility index (Phi) is 6.52. The van der Waals surface area contributed by atoms with Gasteiger partial charge in [-0.25, -0.2) is 0 Å². The van der Waals surface area contributed by atoms with Gasteiger partial charge in [-0.1, -0.05) is 22.0 Å². The van der Waals surface area contributed by atoms with Gasteiger partial charge in [0.05, 0.1) is 0 Å². The van der Waals surface area contributed by atoms with Crippen LogP contribution in [0.3, 0.4) is 0 Å². The standard InChI is InChI=1S/C18H18BrNO3/c1-20(22)12-2-3-13-23-17-10-6-15(7-11-17)18(21)14-4-8-16(19)9-5-14/h2-11,22H,12-13H2,1H3. The summed E-state index contributed by atoms with van der Waals surface area (Å²) < 4.78 is 6.48. The zero-order valence-electron chi connectivity index (χ0n) is 12.8. The average Bonchev–Trinajstić information content (AvgIpc) is 2.55. The molecule has 0 amide bonds. The van der Waals surface area contributed by atoms with Crippen molar-refractivity contribution in [1.82, 2.24) is 5.06 Å². The Morgan fingerprint density at radius 3 is 2.22 bits per heavy atom. The molecule has 0 saturated heterocycles. The van der Waals surface area contributed by atoms with Crippen molar-refractivity contribution in [3.05, 3.63) is 76.3 Å². The van der Waals surface area contributed by atoms with E-state index in [4.69, 9.17) is 9.94 Å². The Balaban J connectivity index is 1.92. The van der Waals surface area contributed by atoms with Crippen molar-refractivity contribution in [3.63, 3.8) is 0 Å². The third-order valence-electron chi connectivity index (χ3n) is 3.11. The Bertz CT molecular complexity index is 664. The van der Waals surface area contributed by atoms with Gasteiger partial charge in [0.25, 0.3) is 0 Å². The van der Waals surface area contributed by atoms with Crippen LogP contribution in [0.1, 0.15) is 15.9 Å². The van der Waals surface area contributed by atoms with Crippen LogP contribution in [-0.4, -0.2) is 36.3 Å². The molecule has 0 aliphatic rings. The third kappa shape index (κ3) is 5.63. The van der Waals surface area contributed by atoms with Gasteiger partial charge in [0.15, 0.2) is 5.78 Å². The van der Waals surface area contributed by atoms with E-state index in [0.717, 1.165) is 9.54 Å². The smallest absolute Gasteiger partial charge is 0.193 e. The van der Waals surface area contributed by atoms with Crippen LogP contribution in [0.2, 0.25) is 0 Å². The molecule has 0 heterocycles. The van der Waals surface area contributed by atoms with E-state index in [1.807, 2.05) is 24.3 Å². The first-order valence-corrected chi connectivity index (χ1v) is 7.93. The first-order valence-electron chi connectivity index (χ1n) is 7.14. The van der Waals surface area contributed by atoms with Gasteiger partial charge in [0.2, 0.25) is 0 Å². The van der Waals surface area contributed by atoms with E-state index < -0.39 is 0 Å². The molecule has 2 rings (SSSR count). The highest BCUT2D eigenvalue weighted by atomic mass is 79.9. The van der Waals surface area contributed by atoms with Gasteiger partial charge in [-0.2, -0.15) is 5.06 Å². The Hall–Kier alpha value is -1.95. The normalized spacial score (nSPS) is 11.1. The molecule has 5 heteroatoms. The third-order valence-corrected chi connectivity index (χ3v) is 3.63. The number of nitrogens with zero attached hydrogens (tertiary/aromatic N) is 1. The molecule has 120 valence electrons. The summed E-state index contributed by atoms with van der Waals surface area (Å²) in [5.41, 5.74) is 1.27. The first-order chi connectivity index (χ1) is 11.1. The lowest BCUT2D eigenvalue weighted by atomic mass is 10.0. The van der Waals surface area contributed by atoms with Gasteiger partial charge in [-0.15, -0.1) is 0 Å². The molecule has 2 aromatic carbocycles. The predicted molar refractivity (Wildman–Crippen MR) is 93.1 cm³/mol. The van der Waals surface area contributed by atoms with Crippen molar-refractivity contribution in [1.29, 1.82) is 0 Å². The molecule has 0 bridgehead atoms. The summed E-state index contributed by atoms with van der Waals surface area (Å²) in [4.78, 5) is 12.3. The zero-order chi connectivity index (χ0) is 16.7. The SMILES string of the molecule is CN(O)CC=CCOc1ccc(C(=O)c2ccc(Br)cc2)cc1. The van der Waals surface area contributed by atoms with Crippen LogP contribution < -0.4 is 4.74 Å². The van der Waals surface area contributed by atoms with Gasteiger partial charge >= 0.3 is 0 Å². The summed E-state index contributed by atoms with van der Waals surface area (Å²) >= 11 is 3.35. The maximum Gasteiger partial charge on any atom is 0.193 e. The van der Waals surface area contributed by atoms with Crippen molar-refractivity contribution in [2.45, 2.75) is 0 Å². The molecule has 4 nitrogen and oxygen atoms in total. The van der Waals surface area contributed by atoms with E-state index in [1.54, 1.807) is 43.4 Å². The predicted octanol–water partition coefficient (Wildman–Crippen LogP) is 3.94. The number of carbonyl (C=O) groups excluding carboxylic acids is 1. The van der Waals surface area contributed by atoms with Crippen LogP contribution in [0.15, 0.2) is 65.2 Å². The monoisotopic (exact) mass is 375 g/mol. The van der Waals surface area contributed by atoms with Gasteiger partial charge in [0, 0.05) is 29.2 Å².